The molecule has 140 valence electrons. The number of carbonyl (C=O) groups excluding carboxylic acids is 1. The first-order chi connectivity index (χ1) is 13.0. The average Bonchev–Trinajstić information content (AvgIpc) is 2.67. The van der Waals surface area contributed by atoms with Gasteiger partial charge in [0.2, 0.25) is 0 Å². The van der Waals surface area contributed by atoms with E-state index in [-0.39, 0.29) is 5.78 Å². The van der Waals surface area contributed by atoms with Crippen LogP contribution in [-0.4, -0.2) is 17.3 Å². The molecule has 1 fully saturated rings. The zero-order valence-corrected chi connectivity index (χ0v) is 17.4. The average molecular weight is 377 g/mol. The normalized spacial score (nSPS) is 15.7. The summed E-state index contributed by atoms with van der Waals surface area (Å²) in [6.45, 7) is 6.23. The van der Waals surface area contributed by atoms with Crippen molar-refractivity contribution in [2.45, 2.75) is 40.0 Å². The molecule has 3 rings (SSSR count). The topological polar surface area (TPSA) is 17.1 Å². The number of rotatable bonds is 5. The Morgan fingerprint density at radius 3 is 2.07 bits per heavy atom. The highest BCUT2D eigenvalue weighted by Gasteiger charge is 2.27. The summed E-state index contributed by atoms with van der Waals surface area (Å²) in [5.74, 6) is 2.64. The van der Waals surface area contributed by atoms with Crippen molar-refractivity contribution in [2.24, 2.45) is 5.41 Å². The standard InChI is InChI=1S/C25H28OS/c1-19(18-25(3)13-15-27-16-14-25)17-24(22-7-5-4-6-8-22)23-11-9-21(10-12-23)20(2)26/h4-12H,13-16,18H2,1-3H3. The number of allylic oxidation sites excluding steroid dienone is 1. The third-order valence-corrected chi connectivity index (χ3v) is 6.36. The molecule has 0 bridgehead atoms. The Bertz CT molecular complexity index is 849. The molecule has 0 saturated carbocycles. The molecular weight excluding hydrogens is 348 g/mol. The molecule has 0 aliphatic carbocycles. The molecule has 1 aliphatic rings. The molecule has 0 unspecified atom stereocenters. The maximum absolute atomic E-state index is 11.6. The van der Waals surface area contributed by atoms with Gasteiger partial charge in [-0.15, -0.1) is 5.73 Å². The second kappa shape index (κ2) is 8.78. The van der Waals surface area contributed by atoms with Crippen LogP contribution in [-0.2, 0) is 0 Å². The maximum atomic E-state index is 11.6. The lowest BCUT2D eigenvalue weighted by molar-refractivity contribution is 0.101. The van der Waals surface area contributed by atoms with Crippen molar-refractivity contribution < 1.29 is 4.79 Å². The molecule has 1 aliphatic heterocycles. The molecular formula is C25H28OS. The molecule has 0 amide bonds. The van der Waals surface area contributed by atoms with E-state index in [1.54, 1.807) is 6.92 Å². The molecule has 1 saturated heterocycles. The minimum atomic E-state index is 0.0987. The Morgan fingerprint density at radius 1 is 0.926 bits per heavy atom. The van der Waals surface area contributed by atoms with Crippen LogP contribution in [0.3, 0.4) is 0 Å². The van der Waals surface area contributed by atoms with Crippen LogP contribution < -0.4 is 0 Å². The monoisotopic (exact) mass is 376 g/mol. The fourth-order valence-corrected chi connectivity index (χ4v) is 5.20. The molecule has 1 heterocycles. The van der Waals surface area contributed by atoms with Crippen molar-refractivity contribution in [1.29, 1.82) is 0 Å². The van der Waals surface area contributed by atoms with Gasteiger partial charge in [0.25, 0.3) is 0 Å². The molecule has 0 radical (unpaired) electrons. The Morgan fingerprint density at radius 2 is 1.48 bits per heavy atom. The van der Waals surface area contributed by atoms with Gasteiger partial charge in [0.05, 0.1) is 0 Å². The molecule has 0 atom stereocenters. The van der Waals surface area contributed by atoms with Crippen LogP contribution in [0.4, 0.5) is 0 Å². The summed E-state index contributed by atoms with van der Waals surface area (Å²) in [5.41, 5.74) is 9.54. The number of carbonyl (C=O) groups is 1. The van der Waals surface area contributed by atoms with Crippen LogP contribution >= 0.6 is 11.8 Å². The van der Waals surface area contributed by atoms with E-state index in [1.165, 1.54) is 29.9 Å². The second-order valence-corrected chi connectivity index (χ2v) is 9.10. The van der Waals surface area contributed by atoms with E-state index >= 15 is 0 Å². The third-order valence-electron chi connectivity index (χ3n) is 5.37. The van der Waals surface area contributed by atoms with Crippen LogP contribution in [0.25, 0.3) is 5.57 Å². The minimum absolute atomic E-state index is 0.0987. The van der Waals surface area contributed by atoms with Gasteiger partial charge in [-0.05, 0) is 66.7 Å². The Labute approximate surface area is 167 Å². The molecule has 27 heavy (non-hydrogen) atoms. The Kier molecular flexibility index (Phi) is 6.42. The van der Waals surface area contributed by atoms with Crippen LogP contribution in [0.5, 0.6) is 0 Å². The highest BCUT2D eigenvalue weighted by molar-refractivity contribution is 7.99. The van der Waals surface area contributed by atoms with E-state index in [2.05, 4.69) is 55.6 Å². The zero-order valence-electron chi connectivity index (χ0n) is 16.5. The van der Waals surface area contributed by atoms with E-state index in [0.29, 0.717) is 5.41 Å². The number of hydrogen-bond acceptors (Lipinski definition) is 2. The van der Waals surface area contributed by atoms with Gasteiger partial charge in [-0.3, -0.25) is 4.79 Å². The van der Waals surface area contributed by atoms with Crippen LogP contribution in [0, 0.1) is 5.41 Å². The summed E-state index contributed by atoms with van der Waals surface area (Å²) in [6.07, 6.45) is 3.66. The van der Waals surface area contributed by atoms with E-state index in [1.807, 2.05) is 30.3 Å². The van der Waals surface area contributed by atoms with Crippen molar-refractivity contribution >= 4 is 23.1 Å². The van der Waals surface area contributed by atoms with Crippen molar-refractivity contribution in [2.75, 3.05) is 11.5 Å². The molecule has 1 nitrogen and oxygen atoms in total. The molecule has 2 aromatic rings. The molecule has 0 aromatic heterocycles. The largest absolute Gasteiger partial charge is 0.295 e. The fraction of sp³-hybridized carbons (Fsp3) is 0.360. The first-order valence-corrected chi connectivity index (χ1v) is 10.8. The van der Waals surface area contributed by atoms with E-state index < -0.39 is 0 Å². The van der Waals surface area contributed by atoms with E-state index in [0.717, 1.165) is 28.7 Å². The molecule has 0 spiro atoms. The first-order valence-electron chi connectivity index (χ1n) is 9.68. The highest BCUT2D eigenvalue weighted by Crippen LogP contribution is 2.39. The quantitative estimate of drug-likeness (QED) is 0.422. The van der Waals surface area contributed by atoms with E-state index in [4.69, 9.17) is 0 Å². The Hall–Kier alpha value is -2.02. The first kappa shape index (κ1) is 19.7. The summed E-state index contributed by atoms with van der Waals surface area (Å²) < 4.78 is 0. The lowest BCUT2D eigenvalue weighted by atomic mass is 9.78. The van der Waals surface area contributed by atoms with Gasteiger partial charge in [-0.1, -0.05) is 61.5 Å². The lowest BCUT2D eigenvalue weighted by Gasteiger charge is -2.33. The van der Waals surface area contributed by atoms with Crippen LogP contribution in [0.15, 0.2) is 65.9 Å². The number of benzene rings is 2. The van der Waals surface area contributed by atoms with Crippen molar-refractivity contribution in [1.82, 2.24) is 0 Å². The smallest absolute Gasteiger partial charge is 0.159 e. The molecule has 2 heteroatoms. The number of thioether (sulfide) groups is 1. The van der Waals surface area contributed by atoms with Crippen molar-refractivity contribution in [3.8, 4) is 0 Å². The molecule has 2 aromatic carbocycles. The lowest BCUT2D eigenvalue weighted by Crippen LogP contribution is -2.22. The van der Waals surface area contributed by atoms with Crippen molar-refractivity contribution in [3.63, 3.8) is 0 Å². The maximum Gasteiger partial charge on any atom is 0.159 e. The predicted molar refractivity (Wildman–Crippen MR) is 117 cm³/mol. The third kappa shape index (κ3) is 5.25. The van der Waals surface area contributed by atoms with Gasteiger partial charge in [-0.2, -0.15) is 11.8 Å². The van der Waals surface area contributed by atoms with Gasteiger partial charge in [0.15, 0.2) is 5.78 Å². The molecule has 0 N–H and O–H groups in total. The van der Waals surface area contributed by atoms with Gasteiger partial charge < -0.3 is 0 Å². The summed E-state index contributed by atoms with van der Waals surface area (Å²) in [5, 5.41) is 0. The summed E-state index contributed by atoms with van der Waals surface area (Å²) in [4.78, 5) is 11.6. The van der Waals surface area contributed by atoms with Crippen LogP contribution in [0.1, 0.15) is 61.5 Å². The summed E-state index contributed by atoms with van der Waals surface area (Å²) >= 11 is 2.07. The summed E-state index contributed by atoms with van der Waals surface area (Å²) in [6, 6.07) is 18.3. The number of Topliss-reactive ketones (excluding diaryl/α,β-unsaturated/α-hetero) is 1. The number of hydrogen-bond donors (Lipinski definition) is 0. The van der Waals surface area contributed by atoms with Gasteiger partial charge in [0, 0.05) is 11.1 Å². The van der Waals surface area contributed by atoms with E-state index in [9.17, 15) is 4.79 Å². The minimum Gasteiger partial charge on any atom is -0.295 e. The summed E-state index contributed by atoms with van der Waals surface area (Å²) in [7, 11) is 0. The van der Waals surface area contributed by atoms with Gasteiger partial charge in [0.1, 0.15) is 0 Å². The second-order valence-electron chi connectivity index (χ2n) is 7.88. The zero-order chi connectivity index (χ0) is 19.3. The van der Waals surface area contributed by atoms with Crippen LogP contribution in [0.2, 0.25) is 0 Å². The van der Waals surface area contributed by atoms with Gasteiger partial charge in [-0.25, -0.2) is 0 Å². The van der Waals surface area contributed by atoms with Crippen molar-refractivity contribution in [3.05, 3.63) is 82.6 Å². The SMILES string of the molecule is CC(=O)c1ccc(C(=C=C(C)CC2(C)CCSCC2)c2ccccc2)cc1. The number of ketones is 1. The fourth-order valence-electron chi connectivity index (χ4n) is 3.73. The highest BCUT2D eigenvalue weighted by atomic mass is 32.2. The predicted octanol–water partition coefficient (Wildman–Crippen LogP) is 6.79. The van der Waals surface area contributed by atoms with Gasteiger partial charge >= 0.3 is 0 Å². The Balaban J connectivity index is 2.01.